The zero-order chi connectivity index (χ0) is 14.8. The van der Waals surface area contributed by atoms with Crippen LogP contribution in [-0.2, 0) is 13.1 Å². The molecule has 0 aromatic heterocycles. The van der Waals surface area contributed by atoms with E-state index in [1.807, 2.05) is 6.07 Å². The fourth-order valence-corrected chi connectivity index (χ4v) is 3.60. The first-order chi connectivity index (χ1) is 10.1. The second-order valence-electron chi connectivity index (χ2n) is 6.88. The van der Waals surface area contributed by atoms with Crippen LogP contribution in [0.4, 0.5) is 0 Å². The van der Waals surface area contributed by atoms with Crippen molar-refractivity contribution in [2.45, 2.75) is 58.7 Å². The predicted octanol–water partition coefficient (Wildman–Crippen LogP) is 3.75. The smallest absolute Gasteiger partial charge is 0.254 e. The molecule has 122 valence electrons. The van der Waals surface area contributed by atoms with Gasteiger partial charge >= 0.3 is 0 Å². The number of carbonyl (C=O) groups excluding carboxylic acids is 1. The average molecular weight is 323 g/mol. The van der Waals surface area contributed by atoms with E-state index in [2.05, 4.69) is 36.2 Å². The van der Waals surface area contributed by atoms with Crippen LogP contribution >= 0.6 is 12.4 Å². The zero-order valence-corrected chi connectivity index (χ0v) is 14.4. The molecule has 0 atom stereocenters. The van der Waals surface area contributed by atoms with E-state index in [0.717, 1.165) is 25.2 Å². The van der Waals surface area contributed by atoms with E-state index in [1.54, 1.807) is 0 Å². The molecule has 0 unspecified atom stereocenters. The molecule has 1 amide bonds. The van der Waals surface area contributed by atoms with Gasteiger partial charge in [0.25, 0.3) is 5.91 Å². The van der Waals surface area contributed by atoms with E-state index in [0.29, 0.717) is 12.0 Å². The van der Waals surface area contributed by atoms with E-state index >= 15 is 0 Å². The van der Waals surface area contributed by atoms with E-state index in [4.69, 9.17) is 0 Å². The average Bonchev–Trinajstić information content (AvgIpc) is 3.13. The number of rotatable bonds is 4. The molecule has 22 heavy (non-hydrogen) atoms. The van der Waals surface area contributed by atoms with Crippen molar-refractivity contribution in [1.82, 2.24) is 10.2 Å². The van der Waals surface area contributed by atoms with Crippen LogP contribution in [0, 0.1) is 5.92 Å². The summed E-state index contributed by atoms with van der Waals surface area (Å²) in [6.07, 6.45) is 4.87. The van der Waals surface area contributed by atoms with Gasteiger partial charge in [-0.25, -0.2) is 0 Å². The Kier molecular flexibility index (Phi) is 5.87. The van der Waals surface area contributed by atoms with Crippen molar-refractivity contribution >= 4 is 18.3 Å². The molecule has 0 bridgehead atoms. The summed E-state index contributed by atoms with van der Waals surface area (Å²) in [5.74, 6) is 0.746. The number of amides is 1. The first-order valence-corrected chi connectivity index (χ1v) is 8.28. The second-order valence-corrected chi connectivity index (χ2v) is 6.88. The van der Waals surface area contributed by atoms with Crippen LogP contribution < -0.4 is 5.32 Å². The van der Waals surface area contributed by atoms with E-state index < -0.39 is 0 Å². The van der Waals surface area contributed by atoms with Crippen LogP contribution in [0.3, 0.4) is 0 Å². The van der Waals surface area contributed by atoms with Crippen molar-refractivity contribution in [2.75, 3.05) is 6.54 Å². The van der Waals surface area contributed by atoms with Crippen molar-refractivity contribution in [3.8, 4) is 0 Å². The number of carbonyl (C=O) groups is 1. The summed E-state index contributed by atoms with van der Waals surface area (Å²) < 4.78 is 0. The molecule has 3 rings (SSSR count). The van der Waals surface area contributed by atoms with Gasteiger partial charge in [0.2, 0.25) is 0 Å². The van der Waals surface area contributed by atoms with Gasteiger partial charge in [-0.15, -0.1) is 12.4 Å². The van der Waals surface area contributed by atoms with Crippen LogP contribution in [0.5, 0.6) is 0 Å². The highest BCUT2D eigenvalue weighted by atomic mass is 35.5. The predicted molar refractivity (Wildman–Crippen MR) is 92.4 cm³/mol. The molecule has 3 nitrogen and oxygen atoms in total. The van der Waals surface area contributed by atoms with Gasteiger partial charge in [0.05, 0.1) is 0 Å². The number of fused-ring (bicyclic) bond motifs is 1. The molecular weight excluding hydrogens is 296 g/mol. The van der Waals surface area contributed by atoms with Gasteiger partial charge in [0.15, 0.2) is 0 Å². The second kappa shape index (κ2) is 7.47. The third kappa shape index (κ3) is 3.64. The summed E-state index contributed by atoms with van der Waals surface area (Å²) in [7, 11) is 0. The molecule has 1 fully saturated rings. The van der Waals surface area contributed by atoms with Gasteiger partial charge < -0.3 is 10.2 Å². The van der Waals surface area contributed by atoms with Crippen LogP contribution in [0.1, 0.15) is 61.0 Å². The lowest BCUT2D eigenvalue weighted by atomic mass is 10.0. The highest BCUT2D eigenvalue weighted by Gasteiger charge is 2.28. The third-order valence-electron chi connectivity index (χ3n) is 4.67. The van der Waals surface area contributed by atoms with Crippen molar-refractivity contribution < 1.29 is 4.79 Å². The van der Waals surface area contributed by atoms with Crippen molar-refractivity contribution in [1.29, 1.82) is 0 Å². The summed E-state index contributed by atoms with van der Waals surface area (Å²) in [6, 6.07) is 6.67. The maximum Gasteiger partial charge on any atom is 0.254 e. The topological polar surface area (TPSA) is 32.3 Å². The standard InChI is InChI=1S/C18H26N2O.ClH/c1-13(2)12-20(17-5-3-4-6-17)18(21)14-7-8-15-10-19-11-16(15)9-14;/h7-9,13,17,19H,3-6,10-12H2,1-2H3;1H. The zero-order valence-electron chi connectivity index (χ0n) is 13.6. The SMILES string of the molecule is CC(C)CN(C(=O)c1ccc2c(c1)CNC2)C1CCCC1.Cl. The molecule has 1 aromatic rings. The lowest BCUT2D eigenvalue weighted by Gasteiger charge is -2.31. The summed E-state index contributed by atoms with van der Waals surface area (Å²) in [5, 5.41) is 3.35. The normalized spacial score (nSPS) is 17.4. The minimum Gasteiger partial charge on any atom is -0.335 e. The van der Waals surface area contributed by atoms with E-state index in [-0.39, 0.29) is 18.3 Å². The fourth-order valence-electron chi connectivity index (χ4n) is 3.60. The summed E-state index contributed by atoms with van der Waals surface area (Å²) in [4.78, 5) is 15.1. The third-order valence-corrected chi connectivity index (χ3v) is 4.67. The molecular formula is C18H27ClN2O. The molecule has 1 heterocycles. The summed E-state index contributed by atoms with van der Waals surface area (Å²) >= 11 is 0. The summed E-state index contributed by atoms with van der Waals surface area (Å²) in [6.45, 7) is 7.09. The molecule has 4 heteroatoms. The van der Waals surface area contributed by atoms with Crippen LogP contribution in [-0.4, -0.2) is 23.4 Å². The lowest BCUT2D eigenvalue weighted by molar-refractivity contribution is 0.0655. The number of benzene rings is 1. The molecule has 2 aliphatic rings. The number of hydrogen-bond donors (Lipinski definition) is 1. The largest absolute Gasteiger partial charge is 0.335 e. The lowest BCUT2D eigenvalue weighted by Crippen LogP contribution is -2.41. The Hall–Kier alpha value is -1.06. The Bertz CT molecular complexity index is 524. The van der Waals surface area contributed by atoms with Crippen molar-refractivity contribution in [3.05, 3.63) is 34.9 Å². The van der Waals surface area contributed by atoms with Gasteiger partial charge in [-0.1, -0.05) is 32.8 Å². The number of nitrogens with zero attached hydrogens (tertiary/aromatic N) is 1. The molecule has 1 aromatic carbocycles. The Morgan fingerprint density at radius 1 is 1.23 bits per heavy atom. The quantitative estimate of drug-likeness (QED) is 0.915. The van der Waals surface area contributed by atoms with Gasteiger partial charge in [-0.05, 0) is 42.0 Å². The first kappa shape index (κ1) is 17.3. The van der Waals surface area contributed by atoms with Gasteiger partial charge in [0, 0.05) is 31.2 Å². The first-order valence-electron chi connectivity index (χ1n) is 8.28. The number of hydrogen-bond acceptors (Lipinski definition) is 2. The van der Waals surface area contributed by atoms with Crippen molar-refractivity contribution in [2.24, 2.45) is 5.92 Å². The Morgan fingerprint density at radius 3 is 2.59 bits per heavy atom. The Balaban J connectivity index is 0.00000176. The molecule has 1 aliphatic heterocycles. The highest BCUT2D eigenvalue weighted by molar-refractivity contribution is 5.94. The maximum absolute atomic E-state index is 13.0. The van der Waals surface area contributed by atoms with E-state index in [1.165, 1.54) is 36.8 Å². The highest BCUT2D eigenvalue weighted by Crippen LogP contribution is 2.26. The number of nitrogens with one attached hydrogen (secondary N) is 1. The minimum atomic E-state index is 0. The van der Waals surface area contributed by atoms with E-state index in [9.17, 15) is 4.79 Å². The Labute approximate surface area is 139 Å². The molecule has 0 radical (unpaired) electrons. The van der Waals surface area contributed by atoms with Crippen LogP contribution in [0.25, 0.3) is 0 Å². The van der Waals surface area contributed by atoms with Gasteiger partial charge in [-0.3, -0.25) is 4.79 Å². The fraction of sp³-hybridized carbons (Fsp3) is 0.611. The molecule has 1 aliphatic carbocycles. The molecule has 1 saturated carbocycles. The molecule has 0 saturated heterocycles. The number of halogens is 1. The summed E-state index contributed by atoms with van der Waals surface area (Å²) in [5.41, 5.74) is 3.49. The van der Waals surface area contributed by atoms with Crippen LogP contribution in [0.2, 0.25) is 0 Å². The molecule has 1 N–H and O–H groups in total. The monoisotopic (exact) mass is 322 g/mol. The van der Waals surface area contributed by atoms with Gasteiger partial charge in [-0.2, -0.15) is 0 Å². The van der Waals surface area contributed by atoms with Crippen LogP contribution in [0.15, 0.2) is 18.2 Å². The molecule has 0 spiro atoms. The van der Waals surface area contributed by atoms with Gasteiger partial charge in [0.1, 0.15) is 0 Å². The Morgan fingerprint density at radius 2 is 1.91 bits per heavy atom. The maximum atomic E-state index is 13.0. The minimum absolute atomic E-state index is 0. The van der Waals surface area contributed by atoms with Crippen molar-refractivity contribution in [3.63, 3.8) is 0 Å².